The Bertz CT molecular complexity index is 373. The Morgan fingerprint density at radius 3 is 2.65 bits per heavy atom. The van der Waals surface area contributed by atoms with Crippen LogP contribution >= 0.6 is 0 Å². The highest BCUT2D eigenvalue weighted by Gasteiger charge is 2.35. The van der Waals surface area contributed by atoms with Gasteiger partial charge in [0.15, 0.2) is 0 Å². The van der Waals surface area contributed by atoms with E-state index in [0.717, 1.165) is 30.8 Å². The number of ether oxygens (including phenoxy) is 1. The Kier molecular flexibility index (Phi) is 4.74. The second-order valence-corrected chi connectivity index (χ2v) is 7.25. The van der Waals surface area contributed by atoms with Gasteiger partial charge in [-0.05, 0) is 64.8 Å². The monoisotopic (exact) mass is 280 g/mol. The highest BCUT2D eigenvalue weighted by molar-refractivity contribution is 5.68. The van der Waals surface area contributed by atoms with E-state index in [1.54, 1.807) is 0 Å². The van der Waals surface area contributed by atoms with Crippen LogP contribution in [0, 0.1) is 17.8 Å². The summed E-state index contributed by atoms with van der Waals surface area (Å²) < 4.78 is 5.24. The maximum absolute atomic E-state index is 11.6. The molecule has 0 saturated heterocycles. The molecule has 4 atom stereocenters. The summed E-state index contributed by atoms with van der Waals surface area (Å²) in [5.41, 5.74) is -0.438. The van der Waals surface area contributed by atoms with Crippen molar-refractivity contribution >= 4 is 6.09 Å². The number of nitrogens with one attached hydrogen (secondary N) is 2. The van der Waals surface area contributed by atoms with Crippen molar-refractivity contribution in [2.75, 3.05) is 13.1 Å². The molecule has 0 aromatic carbocycles. The number of hydrogen-bond donors (Lipinski definition) is 2. The predicted octanol–water partition coefficient (Wildman–Crippen LogP) is 2.70. The van der Waals surface area contributed by atoms with E-state index in [1.807, 2.05) is 27.7 Å². The number of hydrogen-bond acceptors (Lipinski definition) is 3. The van der Waals surface area contributed by atoms with Crippen LogP contribution in [0.4, 0.5) is 4.79 Å². The van der Waals surface area contributed by atoms with Gasteiger partial charge in [0.2, 0.25) is 0 Å². The lowest BCUT2D eigenvalue weighted by Gasteiger charge is -2.23. The summed E-state index contributed by atoms with van der Waals surface area (Å²) in [5, 5.41) is 6.33. The number of amides is 1. The van der Waals surface area contributed by atoms with E-state index in [4.69, 9.17) is 4.74 Å². The minimum atomic E-state index is -0.438. The lowest BCUT2D eigenvalue weighted by molar-refractivity contribution is 0.0508. The van der Waals surface area contributed by atoms with Crippen LogP contribution in [0.25, 0.3) is 0 Å². The summed E-state index contributed by atoms with van der Waals surface area (Å²) in [6.07, 6.45) is 7.08. The summed E-state index contributed by atoms with van der Waals surface area (Å²) in [6, 6.07) is 0.0824. The van der Waals surface area contributed by atoms with E-state index in [-0.39, 0.29) is 12.1 Å². The molecule has 2 aliphatic carbocycles. The van der Waals surface area contributed by atoms with E-state index < -0.39 is 5.60 Å². The molecule has 2 aliphatic rings. The van der Waals surface area contributed by atoms with Crippen LogP contribution in [0.2, 0.25) is 0 Å². The summed E-state index contributed by atoms with van der Waals surface area (Å²) in [4.78, 5) is 11.6. The third-order valence-electron chi connectivity index (χ3n) is 4.04. The molecule has 0 aromatic heterocycles. The molecule has 0 spiro atoms. The van der Waals surface area contributed by atoms with Crippen molar-refractivity contribution in [3.63, 3.8) is 0 Å². The zero-order valence-electron chi connectivity index (χ0n) is 13.1. The highest BCUT2D eigenvalue weighted by Crippen LogP contribution is 2.42. The van der Waals surface area contributed by atoms with Crippen molar-refractivity contribution in [1.29, 1.82) is 0 Å². The Balaban J connectivity index is 1.59. The van der Waals surface area contributed by atoms with E-state index in [2.05, 4.69) is 22.8 Å². The number of carbonyl (C=O) groups is 1. The summed E-state index contributed by atoms with van der Waals surface area (Å²) in [6.45, 7) is 9.45. The summed E-state index contributed by atoms with van der Waals surface area (Å²) >= 11 is 0. The lowest BCUT2D eigenvalue weighted by atomic mass is 9.93. The first kappa shape index (κ1) is 15.4. The van der Waals surface area contributed by atoms with E-state index in [0.29, 0.717) is 0 Å². The molecule has 4 heteroatoms. The van der Waals surface area contributed by atoms with Crippen molar-refractivity contribution in [1.82, 2.24) is 10.6 Å². The maximum Gasteiger partial charge on any atom is 0.407 e. The number of fused-ring (bicyclic) bond motifs is 2. The number of carbonyl (C=O) groups excluding carboxylic acids is 1. The number of alkyl carbamates (subject to hydrolysis) is 1. The van der Waals surface area contributed by atoms with Gasteiger partial charge in [-0.3, -0.25) is 0 Å². The van der Waals surface area contributed by atoms with Crippen molar-refractivity contribution in [2.45, 2.75) is 52.2 Å². The SMILES string of the molecule is CC(CNCC1CC2C=CC1C2)NC(=O)OC(C)(C)C. The van der Waals surface area contributed by atoms with Gasteiger partial charge < -0.3 is 15.4 Å². The highest BCUT2D eigenvalue weighted by atomic mass is 16.6. The van der Waals surface area contributed by atoms with E-state index in [9.17, 15) is 4.79 Å². The van der Waals surface area contributed by atoms with Crippen molar-refractivity contribution in [2.24, 2.45) is 17.8 Å². The first-order valence-electron chi connectivity index (χ1n) is 7.72. The molecular weight excluding hydrogens is 252 g/mol. The van der Waals surface area contributed by atoms with Crippen LogP contribution < -0.4 is 10.6 Å². The van der Waals surface area contributed by atoms with Gasteiger partial charge in [0.1, 0.15) is 5.60 Å². The molecule has 0 heterocycles. The summed E-state index contributed by atoms with van der Waals surface area (Å²) in [7, 11) is 0. The van der Waals surface area contributed by atoms with Gasteiger partial charge in [-0.2, -0.15) is 0 Å². The van der Waals surface area contributed by atoms with Gasteiger partial charge in [0, 0.05) is 12.6 Å². The fraction of sp³-hybridized carbons (Fsp3) is 0.812. The second kappa shape index (κ2) is 6.17. The molecule has 0 radical (unpaired) electrons. The average Bonchev–Trinajstić information content (AvgIpc) is 2.87. The van der Waals surface area contributed by atoms with Gasteiger partial charge >= 0.3 is 6.09 Å². The molecule has 2 N–H and O–H groups in total. The Labute approximate surface area is 122 Å². The molecule has 114 valence electrons. The Morgan fingerprint density at radius 1 is 1.35 bits per heavy atom. The molecule has 20 heavy (non-hydrogen) atoms. The van der Waals surface area contributed by atoms with E-state index >= 15 is 0 Å². The molecule has 1 fully saturated rings. The van der Waals surface area contributed by atoms with Crippen LogP contribution in [-0.4, -0.2) is 30.8 Å². The molecule has 1 amide bonds. The largest absolute Gasteiger partial charge is 0.444 e. The van der Waals surface area contributed by atoms with Crippen LogP contribution in [0.3, 0.4) is 0 Å². The van der Waals surface area contributed by atoms with Crippen LogP contribution in [-0.2, 0) is 4.74 Å². The smallest absolute Gasteiger partial charge is 0.407 e. The predicted molar refractivity (Wildman–Crippen MR) is 80.5 cm³/mol. The Hall–Kier alpha value is -1.03. The topological polar surface area (TPSA) is 50.4 Å². The maximum atomic E-state index is 11.6. The van der Waals surface area contributed by atoms with Gasteiger partial charge in [-0.1, -0.05) is 12.2 Å². The van der Waals surface area contributed by atoms with Gasteiger partial charge in [0.05, 0.1) is 0 Å². The molecule has 0 aliphatic heterocycles. The molecule has 4 nitrogen and oxygen atoms in total. The molecule has 4 unspecified atom stereocenters. The quantitative estimate of drug-likeness (QED) is 0.761. The molecule has 2 rings (SSSR count). The standard InChI is InChI=1S/C16H28N2O2/c1-11(18-15(19)20-16(2,3)4)9-17-10-14-8-12-5-6-13(14)7-12/h5-6,11-14,17H,7-10H2,1-4H3,(H,18,19). The zero-order valence-corrected chi connectivity index (χ0v) is 13.1. The average molecular weight is 280 g/mol. The van der Waals surface area contributed by atoms with Gasteiger partial charge in [-0.15, -0.1) is 0 Å². The van der Waals surface area contributed by atoms with Crippen molar-refractivity contribution in [3.8, 4) is 0 Å². The molecule has 0 aromatic rings. The van der Waals surface area contributed by atoms with Gasteiger partial charge in [-0.25, -0.2) is 4.79 Å². The Morgan fingerprint density at radius 2 is 2.10 bits per heavy atom. The molecule has 1 saturated carbocycles. The van der Waals surface area contributed by atoms with Crippen LogP contribution in [0.1, 0.15) is 40.5 Å². The minimum absolute atomic E-state index is 0.0824. The van der Waals surface area contributed by atoms with Crippen molar-refractivity contribution in [3.05, 3.63) is 12.2 Å². The first-order valence-corrected chi connectivity index (χ1v) is 7.72. The van der Waals surface area contributed by atoms with Crippen LogP contribution in [0.5, 0.6) is 0 Å². The van der Waals surface area contributed by atoms with E-state index in [1.165, 1.54) is 12.8 Å². The van der Waals surface area contributed by atoms with Crippen LogP contribution in [0.15, 0.2) is 12.2 Å². The second-order valence-electron chi connectivity index (χ2n) is 7.25. The third kappa shape index (κ3) is 4.51. The lowest BCUT2D eigenvalue weighted by Crippen LogP contribution is -2.43. The zero-order chi connectivity index (χ0) is 14.8. The molecule has 2 bridgehead atoms. The summed E-state index contributed by atoms with van der Waals surface area (Å²) in [5.74, 6) is 2.38. The normalized spacial score (nSPS) is 29.5. The minimum Gasteiger partial charge on any atom is -0.444 e. The first-order chi connectivity index (χ1) is 9.33. The fourth-order valence-corrected chi connectivity index (χ4v) is 3.17. The van der Waals surface area contributed by atoms with Gasteiger partial charge in [0.25, 0.3) is 0 Å². The fourth-order valence-electron chi connectivity index (χ4n) is 3.17. The third-order valence-corrected chi connectivity index (χ3v) is 4.04. The number of rotatable bonds is 5. The van der Waals surface area contributed by atoms with Crippen molar-refractivity contribution < 1.29 is 9.53 Å². The number of allylic oxidation sites excluding steroid dienone is 2. The molecular formula is C16H28N2O2.